The van der Waals surface area contributed by atoms with Gasteiger partial charge in [0, 0.05) is 25.2 Å². The molecule has 1 fully saturated rings. The standard InChI is InChI=1S/C13H16N2O7S/c16-13(17)9-23(20,21)14-7-5-12(6-8-14)22-11-3-1-10(2-4-11)15(18)19/h1-4,12H,5-9H2,(H,16,17). The molecular weight excluding hydrogens is 328 g/mol. The first kappa shape index (κ1) is 17.2. The Morgan fingerprint density at radius 2 is 1.87 bits per heavy atom. The monoisotopic (exact) mass is 344 g/mol. The van der Waals surface area contributed by atoms with Crippen LogP contribution in [0.25, 0.3) is 0 Å². The molecule has 1 aliphatic heterocycles. The molecule has 0 bridgehead atoms. The van der Waals surface area contributed by atoms with Crippen molar-refractivity contribution >= 4 is 21.7 Å². The Hall–Kier alpha value is -2.20. The van der Waals surface area contributed by atoms with E-state index < -0.39 is 26.7 Å². The highest BCUT2D eigenvalue weighted by Gasteiger charge is 2.30. The van der Waals surface area contributed by atoms with Gasteiger partial charge in [-0.1, -0.05) is 0 Å². The Morgan fingerprint density at radius 1 is 1.30 bits per heavy atom. The maximum absolute atomic E-state index is 11.8. The summed E-state index contributed by atoms with van der Waals surface area (Å²) in [5.74, 6) is -1.82. The first-order chi connectivity index (χ1) is 10.8. The lowest BCUT2D eigenvalue weighted by Gasteiger charge is -2.31. The van der Waals surface area contributed by atoms with E-state index in [1.807, 2.05) is 0 Å². The third kappa shape index (κ3) is 4.63. The van der Waals surface area contributed by atoms with Crippen LogP contribution in [0, 0.1) is 10.1 Å². The van der Waals surface area contributed by atoms with Crippen LogP contribution in [0.1, 0.15) is 12.8 Å². The first-order valence-electron chi connectivity index (χ1n) is 6.88. The van der Waals surface area contributed by atoms with Gasteiger partial charge in [0.15, 0.2) is 5.75 Å². The minimum absolute atomic E-state index is 0.0352. The Labute approximate surface area is 132 Å². The van der Waals surface area contributed by atoms with Gasteiger partial charge in [-0.05, 0) is 25.0 Å². The minimum Gasteiger partial charge on any atom is -0.490 e. The summed E-state index contributed by atoms with van der Waals surface area (Å²) in [4.78, 5) is 20.6. The van der Waals surface area contributed by atoms with Gasteiger partial charge in [-0.25, -0.2) is 12.7 Å². The molecule has 0 saturated carbocycles. The van der Waals surface area contributed by atoms with Crippen molar-refractivity contribution in [2.24, 2.45) is 0 Å². The molecule has 126 valence electrons. The zero-order chi connectivity index (χ0) is 17.0. The van der Waals surface area contributed by atoms with E-state index >= 15 is 0 Å². The number of nitro benzene ring substituents is 1. The van der Waals surface area contributed by atoms with Gasteiger partial charge < -0.3 is 9.84 Å². The fourth-order valence-electron chi connectivity index (χ4n) is 2.31. The fraction of sp³-hybridized carbons (Fsp3) is 0.462. The van der Waals surface area contributed by atoms with E-state index in [1.54, 1.807) is 0 Å². The Bertz CT molecular complexity index is 679. The average Bonchev–Trinajstić information content (AvgIpc) is 2.47. The van der Waals surface area contributed by atoms with Gasteiger partial charge in [0.25, 0.3) is 5.69 Å². The summed E-state index contributed by atoms with van der Waals surface area (Å²) in [5.41, 5.74) is -0.0352. The number of carboxylic acids is 1. The van der Waals surface area contributed by atoms with Crippen molar-refractivity contribution in [3.63, 3.8) is 0 Å². The molecule has 0 spiro atoms. The number of ether oxygens (including phenoxy) is 1. The number of benzene rings is 1. The van der Waals surface area contributed by atoms with Crippen molar-refractivity contribution < 1.29 is 28.0 Å². The van der Waals surface area contributed by atoms with Crippen molar-refractivity contribution in [3.05, 3.63) is 34.4 Å². The van der Waals surface area contributed by atoms with Crippen LogP contribution in [-0.2, 0) is 14.8 Å². The van der Waals surface area contributed by atoms with Crippen molar-refractivity contribution in [2.45, 2.75) is 18.9 Å². The molecule has 0 unspecified atom stereocenters. The fourth-order valence-corrected chi connectivity index (χ4v) is 3.58. The molecule has 23 heavy (non-hydrogen) atoms. The van der Waals surface area contributed by atoms with E-state index in [-0.39, 0.29) is 24.9 Å². The van der Waals surface area contributed by atoms with E-state index in [0.29, 0.717) is 18.6 Å². The maximum atomic E-state index is 11.8. The van der Waals surface area contributed by atoms with Crippen molar-refractivity contribution in [2.75, 3.05) is 18.8 Å². The molecule has 9 nitrogen and oxygen atoms in total. The van der Waals surface area contributed by atoms with E-state index in [1.165, 1.54) is 24.3 Å². The summed E-state index contributed by atoms with van der Waals surface area (Å²) in [7, 11) is -3.79. The molecule has 0 aromatic heterocycles. The van der Waals surface area contributed by atoms with Gasteiger partial charge in [-0.2, -0.15) is 0 Å². The van der Waals surface area contributed by atoms with Crippen LogP contribution in [0.2, 0.25) is 0 Å². The molecule has 1 saturated heterocycles. The first-order valence-corrected chi connectivity index (χ1v) is 8.49. The van der Waals surface area contributed by atoms with Crippen LogP contribution < -0.4 is 4.74 Å². The number of rotatable bonds is 6. The van der Waals surface area contributed by atoms with Crippen molar-refractivity contribution in [1.82, 2.24) is 4.31 Å². The third-order valence-corrected chi connectivity index (χ3v) is 5.21. The molecule has 1 aromatic rings. The summed E-state index contributed by atoms with van der Waals surface area (Å²) >= 11 is 0. The van der Waals surface area contributed by atoms with Crippen LogP contribution in [0.3, 0.4) is 0 Å². The minimum atomic E-state index is -3.79. The van der Waals surface area contributed by atoms with E-state index in [0.717, 1.165) is 4.31 Å². The predicted molar refractivity (Wildman–Crippen MR) is 79.7 cm³/mol. The van der Waals surface area contributed by atoms with E-state index in [9.17, 15) is 23.3 Å². The lowest BCUT2D eigenvalue weighted by atomic mass is 10.1. The molecule has 0 aliphatic carbocycles. The molecule has 0 atom stereocenters. The number of hydrogen-bond acceptors (Lipinski definition) is 6. The van der Waals surface area contributed by atoms with Gasteiger partial charge in [0.2, 0.25) is 10.0 Å². The number of non-ortho nitro benzene ring substituents is 1. The average molecular weight is 344 g/mol. The number of nitrogens with zero attached hydrogens (tertiary/aromatic N) is 2. The molecule has 1 heterocycles. The Balaban J connectivity index is 1.89. The number of piperidine rings is 1. The Kier molecular flexibility index (Phi) is 5.16. The molecule has 1 aromatic carbocycles. The number of sulfonamides is 1. The molecular formula is C13H16N2O7S. The SMILES string of the molecule is O=C(O)CS(=O)(=O)N1CCC(Oc2ccc([N+](=O)[O-])cc2)CC1. The van der Waals surface area contributed by atoms with Crippen LogP contribution in [-0.4, -0.2) is 53.7 Å². The van der Waals surface area contributed by atoms with Gasteiger partial charge in [0.1, 0.15) is 11.9 Å². The number of hydrogen-bond donors (Lipinski definition) is 1. The van der Waals surface area contributed by atoms with Crippen molar-refractivity contribution in [1.29, 1.82) is 0 Å². The van der Waals surface area contributed by atoms with Gasteiger partial charge >= 0.3 is 5.97 Å². The molecule has 0 radical (unpaired) electrons. The highest BCUT2D eigenvalue weighted by atomic mass is 32.2. The normalized spacial score (nSPS) is 16.9. The van der Waals surface area contributed by atoms with Gasteiger partial charge in [-0.15, -0.1) is 0 Å². The van der Waals surface area contributed by atoms with Crippen LogP contribution in [0.5, 0.6) is 5.75 Å². The zero-order valence-corrected chi connectivity index (χ0v) is 12.9. The third-order valence-electron chi connectivity index (χ3n) is 3.45. The number of nitro groups is 1. The number of aliphatic carboxylic acids is 1. The van der Waals surface area contributed by atoms with E-state index in [4.69, 9.17) is 9.84 Å². The second kappa shape index (κ2) is 6.92. The summed E-state index contributed by atoms with van der Waals surface area (Å²) in [6.07, 6.45) is 0.638. The topological polar surface area (TPSA) is 127 Å². The van der Waals surface area contributed by atoms with Gasteiger partial charge in [-0.3, -0.25) is 14.9 Å². The summed E-state index contributed by atoms with van der Waals surface area (Å²) in [6, 6.07) is 5.65. The van der Waals surface area contributed by atoms with E-state index in [2.05, 4.69) is 0 Å². The van der Waals surface area contributed by atoms with Crippen molar-refractivity contribution in [3.8, 4) is 5.75 Å². The lowest BCUT2D eigenvalue weighted by Crippen LogP contribution is -2.43. The van der Waals surface area contributed by atoms with Crippen LogP contribution in [0.15, 0.2) is 24.3 Å². The smallest absolute Gasteiger partial charge is 0.320 e. The quantitative estimate of drug-likeness (QED) is 0.598. The second-order valence-electron chi connectivity index (χ2n) is 5.12. The van der Waals surface area contributed by atoms with Crippen LogP contribution >= 0.6 is 0 Å². The zero-order valence-electron chi connectivity index (χ0n) is 12.1. The molecule has 10 heteroatoms. The molecule has 1 aliphatic rings. The molecule has 1 N–H and O–H groups in total. The Morgan fingerprint density at radius 3 is 2.35 bits per heavy atom. The summed E-state index contributed by atoms with van der Waals surface area (Å²) in [5, 5.41) is 19.2. The maximum Gasteiger partial charge on any atom is 0.320 e. The molecule has 2 rings (SSSR count). The number of carbonyl (C=O) groups is 1. The largest absolute Gasteiger partial charge is 0.490 e. The summed E-state index contributed by atoms with van der Waals surface area (Å²) in [6.45, 7) is 0.376. The highest BCUT2D eigenvalue weighted by molar-refractivity contribution is 7.89. The summed E-state index contributed by atoms with van der Waals surface area (Å²) < 4.78 is 30.4. The van der Waals surface area contributed by atoms with Crippen LogP contribution in [0.4, 0.5) is 5.69 Å². The predicted octanol–water partition coefficient (Wildman–Crippen LogP) is 0.852. The number of carboxylic acid groups (broad SMARTS) is 1. The lowest BCUT2D eigenvalue weighted by molar-refractivity contribution is -0.384. The molecule has 0 amide bonds. The highest BCUT2D eigenvalue weighted by Crippen LogP contribution is 2.23. The second-order valence-corrected chi connectivity index (χ2v) is 7.09. The van der Waals surface area contributed by atoms with Gasteiger partial charge in [0.05, 0.1) is 4.92 Å².